The topological polar surface area (TPSA) is 254 Å². The van der Waals surface area contributed by atoms with E-state index < -0.39 is 142 Å². The summed E-state index contributed by atoms with van der Waals surface area (Å²) < 4.78 is 23.5. The summed E-state index contributed by atoms with van der Waals surface area (Å²) in [5.41, 5.74) is 6.72. The number of carboxylic acids is 4. The highest BCUT2D eigenvalue weighted by atomic mass is 16.5. The van der Waals surface area contributed by atoms with Crippen LogP contribution in [0.2, 0.25) is 0 Å². The van der Waals surface area contributed by atoms with Crippen LogP contribution in [0.5, 0.6) is 23.0 Å². The molecule has 4 aliphatic rings. The molecule has 16 heteroatoms. The number of aliphatic carboxylic acids is 4. The summed E-state index contributed by atoms with van der Waals surface area (Å²) >= 11 is 0. The van der Waals surface area contributed by atoms with Gasteiger partial charge in [-0.2, -0.15) is 0 Å². The third kappa shape index (κ3) is 17.5. The number of hydrogen-bond donors (Lipinski definition) is 4. The van der Waals surface area contributed by atoms with Gasteiger partial charge in [-0.25, -0.2) is 0 Å². The number of hydrogen-bond acceptors (Lipinski definition) is 12. The number of carboxylic acid groups (broad SMARTS) is 4. The van der Waals surface area contributed by atoms with E-state index in [2.05, 4.69) is 0 Å². The van der Waals surface area contributed by atoms with Gasteiger partial charge in [-0.3, -0.25) is 38.4 Å². The van der Waals surface area contributed by atoms with E-state index in [0.717, 1.165) is 87.6 Å². The van der Waals surface area contributed by atoms with E-state index in [1.165, 1.54) is 0 Å². The molecule has 0 unspecified atom stereocenters. The predicted molar refractivity (Wildman–Crippen MR) is 490 cm³/mol. The molecule has 4 saturated carbocycles. The van der Waals surface area contributed by atoms with Crippen molar-refractivity contribution in [1.82, 2.24) is 0 Å². The van der Waals surface area contributed by atoms with Crippen LogP contribution in [0.4, 0.5) is 0 Å². The molecular formula is C112H88O16. The molecule has 4 fully saturated rings. The first-order chi connectivity index (χ1) is 62.6. The van der Waals surface area contributed by atoms with Gasteiger partial charge in [0, 0.05) is 58.1 Å². The minimum atomic E-state index is -0.901. The molecule has 0 radical (unpaired) electrons. The van der Waals surface area contributed by atoms with E-state index in [-0.39, 0.29) is 0 Å². The molecule has 4 N–H and O–H groups in total. The Bertz CT molecular complexity index is 6070. The normalized spacial score (nSPS) is 22.1. The van der Waals surface area contributed by atoms with Crippen LogP contribution in [-0.2, 0) is 38.4 Å². The van der Waals surface area contributed by atoms with Gasteiger partial charge in [0.05, 0.1) is 47.3 Å². The second-order valence-corrected chi connectivity index (χ2v) is 32.7. The van der Waals surface area contributed by atoms with Crippen LogP contribution in [0.1, 0.15) is 91.9 Å². The molecule has 0 aromatic heterocycles. The Labute approximate surface area is 738 Å². The SMILES string of the molecule is O=C(O)C1[C@@H](c2ccccc2)C(C(=O)Oc2ccc3ccccc3c2)[C@@H]1c1ccccc1.O=C(O)C1[C@@H](c2ccccc2)C(C(=O)Oc2ccc3ccccc3c2)[C@@H]1c1ccccc1.O=C(O)C1[C@@H](c2ccccc2)C(C(=O)Oc2cccc3ccccc23)[C@@H]1c1ccccc1.O=C(O)C1[C@H](c2ccccc2)C(C(=O)Oc2cccc3ccccc23)[C@H]1c1ccccc1. The van der Waals surface area contributed by atoms with E-state index in [9.17, 15) is 58.8 Å². The summed E-state index contributed by atoms with van der Waals surface area (Å²) in [6.07, 6.45) is 0. The van der Waals surface area contributed by atoms with E-state index >= 15 is 0 Å². The molecule has 4 aliphatic carbocycles. The molecule has 0 spiro atoms. The molecule has 0 amide bonds. The third-order valence-electron chi connectivity index (χ3n) is 25.7. The first kappa shape index (κ1) is 84.5. The first-order valence-corrected chi connectivity index (χ1v) is 42.7. The second kappa shape index (κ2) is 38.2. The average Bonchev–Trinajstić information content (AvgIpc) is 0.738. The molecule has 0 aliphatic heterocycles. The van der Waals surface area contributed by atoms with Crippen LogP contribution in [0.15, 0.2) is 413 Å². The lowest BCUT2D eigenvalue weighted by Crippen LogP contribution is -2.52. The number of rotatable bonds is 20. The fourth-order valence-electron chi connectivity index (χ4n) is 19.9. The zero-order valence-electron chi connectivity index (χ0n) is 69.2. The number of fused-ring (bicyclic) bond motifs is 4. The van der Waals surface area contributed by atoms with Gasteiger partial charge in [-0.15, -0.1) is 0 Å². The maximum Gasteiger partial charge on any atom is 0.315 e. The standard InChI is InChI=1S/4C28H22O4/c2*29-27(30)25-23(19-11-3-1-4-12-19)26(24(25)20-13-5-2-6-14-20)28(31)32-22-17-9-15-18-10-7-8-16-21(18)22;2*29-27(30)25-23(19-10-3-1-4-11-19)26(24(25)20-12-5-2-6-13-20)28(31)32-22-16-15-18-9-7-8-14-21(18)17-22/h4*1-17,23-26H,(H,29,30)/t4*23-,24-,25?,26?/m1011/s1. The fourth-order valence-corrected chi connectivity index (χ4v) is 19.9. The van der Waals surface area contributed by atoms with Crippen molar-refractivity contribution in [2.24, 2.45) is 47.3 Å². The van der Waals surface area contributed by atoms with Crippen LogP contribution in [0.3, 0.4) is 0 Å². The molecule has 20 rings (SSSR count). The number of esters is 4. The fraction of sp³-hybridized carbons (Fsp3) is 0.143. The number of carbonyl (C=O) groups excluding carboxylic acids is 4. The Hall–Kier alpha value is -15.7. The highest BCUT2D eigenvalue weighted by Gasteiger charge is 2.63. The Morgan fingerprint density at radius 3 is 0.586 bits per heavy atom. The molecule has 16 aromatic carbocycles. The summed E-state index contributed by atoms with van der Waals surface area (Å²) in [5.74, 6) is -12.1. The molecule has 0 heterocycles. The molecule has 0 bridgehead atoms. The monoisotopic (exact) mass is 1690 g/mol. The lowest BCUT2D eigenvalue weighted by atomic mass is 9.52. The van der Waals surface area contributed by atoms with Crippen molar-refractivity contribution >= 4 is 90.8 Å². The van der Waals surface area contributed by atoms with Gasteiger partial charge in [0.2, 0.25) is 0 Å². The maximum atomic E-state index is 13.6. The molecule has 632 valence electrons. The molecule has 128 heavy (non-hydrogen) atoms. The lowest BCUT2D eigenvalue weighted by Gasteiger charge is -2.49. The minimum Gasteiger partial charge on any atom is -0.481 e. The predicted octanol–water partition coefficient (Wildman–Crippen LogP) is 22.6. The molecule has 0 saturated heterocycles. The van der Waals surface area contributed by atoms with Gasteiger partial charge < -0.3 is 39.4 Å². The van der Waals surface area contributed by atoms with Crippen molar-refractivity contribution in [2.75, 3.05) is 0 Å². The largest absolute Gasteiger partial charge is 0.481 e. The maximum absolute atomic E-state index is 13.6. The molecule has 16 aromatic rings. The van der Waals surface area contributed by atoms with E-state index in [0.29, 0.717) is 23.0 Å². The highest BCUT2D eigenvalue weighted by Crippen LogP contribution is 2.62. The van der Waals surface area contributed by atoms with Crippen molar-refractivity contribution < 1.29 is 77.7 Å². The van der Waals surface area contributed by atoms with Crippen LogP contribution >= 0.6 is 0 Å². The van der Waals surface area contributed by atoms with Crippen molar-refractivity contribution in [1.29, 1.82) is 0 Å². The van der Waals surface area contributed by atoms with E-state index in [1.54, 1.807) is 24.3 Å². The molecular weight excluding hydrogens is 1600 g/mol. The summed E-state index contributed by atoms with van der Waals surface area (Å²) in [7, 11) is 0. The third-order valence-corrected chi connectivity index (χ3v) is 25.7. The molecule has 16 nitrogen and oxygen atoms in total. The Balaban J connectivity index is 0.000000120. The van der Waals surface area contributed by atoms with Gasteiger partial charge in [0.25, 0.3) is 0 Å². The van der Waals surface area contributed by atoms with Gasteiger partial charge in [-0.1, -0.05) is 376 Å². The van der Waals surface area contributed by atoms with Gasteiger partial charge in [-0.05, 0) is 113 Å². The molecule has 8 atom stereocenters. The number of carbonyl (C=O) groups is 8. The number of ether oxygens (including phenoxy) is 4. The van der Waals surface area contributed by atoms with Gasteiger partial charge in [0.15, 0.2) is 0 Å². The van der Waals surface area contributed by atoms with Gasteiger partial charge in [0.1, 0.15) is 23.0 Å². The summed E-state index contributed by atoms with van der Waals surface area (Å²) in [6, 6.07) is 129. The van der Waals surface area contributed by atoms with Crippen LogP contribution in [-0.4, -0.2) is 68.2 Å². The van der Waals surface area contributed by atoms with Crippen LogP contribution < -0.4 is 18.9 Å². The smallest absolute Gasteiger partial charge is 0.315 e. The second-order valence-electron chi connectivity index (χ2n) is 32.7. The van der Waals surface area contributed by atoms with Crippen molar-refractivity contribution in [3.63, 3.8) is 0 Å². The first-order valence-electron chi connectivity index (χ1n) is 42.7. The van der Waals surface area contributed by atoms with Gasteiger partial charge >= 0.3 is 47.8 Å². The van der Waals surface area contributed by atoms with E-state index in [1.807, 2.05) is 388 Å². The highest BCUT2D eigenvalue weighted by molar-refractivity contribution is 5.95. The van der Waals surface area contributed by atoms with Crippen molar-refractivity contribution in [2.45, 2.75) is 47.3 Å². The summed E-state index contributed by atoms with van der Waals surface area (Å²) in [5, 5.41) is 48.0. The number of benzene rings is 16. The zero-order chi connectivity index (χ0) is 88.3. The van der Waals surface area contributed by atoms with Crippen molar-refractivity contribution in [3.8, 4) is 23.0 Å². The quantitative estimate of drug-likeness (QED) is 0.0409. The summed E-state index contributed by atoms with van der Waals surface area (Å²) in [6.45, 7) is 0. The average molecular weight is 1690 g/mol. The Kier molecular flexibility index (Phi) is 25.2. The van der Waals surface area contributed by atoms with Crippen molar-refractivity contribution in [3.05, 3.63) is 457 Å². The van der Waals surface area contributed by atoms with E-state index in [4.69, 9.17) is 18.9 Å². The minimum absolute atomic E-state index is 0.401. The zero-order valence-corrected chi connectivity index (χ0v) is 69.2. The summed E-state index contributed by atoms with van der Waals surface area (Å²) in [4.78, 5) is 103. The van der Waals surface area contributed by atoms with Crippen LogP contribution in [0, 0.1) is 47.3 Å². The Morgan fingerprint density at radius 1 is 0.172 bits per heavy atom. The van der Waals surface area contributed by atoms with Crippen LogP contribution in [0.25, 0.3) is 43.1 Å². The lowest BCUT2D eigenvalue weighted by molar-refractivity contribution is -0.160. The Morgan fingerprint density at radius 2 is 0.359 bits per heavy atom.